The summed E-state index contributed by atoms with van der Waals surface area (Å²) in [5, 5.41) is 3.82. The van der Waals surface area contributed by atoms with E-state index in [0.717, 1.165) is 43.6 Å². The van der Waals surface area contributed by atoms with Crippen molar-refractivity contribution in [2.75, 3.05) is 35.3 Å². The molecular weight excluding hydrogens is 404 g/mol. The van der Waals surface area contributed by atoms with Crippen LogP contribution < -0.4 is 4.74 Å². The van der Waals surface area contributed by atoms with Gasteiger partial charge in [0.15, 0.2) is 5.75 Å². The van der Waals surface area contributed by atoms with Crippen molar-refractivity contribution < 1.29 is 14.3 Å². The second-order valence-electron chi connectivity index (χ2n) is 8.42. The molecule has 0 radical (unpaired) electrons. The first-order valence-corrected chi connectivity index (χ1v) is 10.3. The topological polar surface area (TPSA) is 81.4 Å². The minimum Gasteiger partial charge on any atom is -0.492 e. The summed E-state index contributed by atoms with van der Waals surface area (Å²) < 4.78 is 5.82. The number of H-pyrrole nitrogens is 2. The fourth-order valence-electron chi connectivity index (χ4n) is 4.34. The third kappa shape index (κ3) is 2.81. The van der Waals surface area contributed by atoms with Crippen LogP contribution in [0.3, 0.4) is 0 Å². The summed E-state index contributed by atoms with van der Waals surface area (Å²) in [5.74, 6) is 0.604. The highest BCUT2D eigenvalue weighted by molar-refractivity contribution is 6.21. The zero-order valence-corrected chi connectivity index (χ0v) is 18.7. The normalized spacial score (nSPS) is 11.5. The SMILES string of the molecule is COc1c2[nH]c3ccc(C(=O)N(C)C)cc3c2cc2c1[nH]c1ccc(C(=O)N(C)C)cc12. The number of ether oxygens (including phenoxy) is 1. The van der Waals surface area contributed by atoms with Gasteiger partial charge in [0.1, 0.15) is 0 Å². The average molecular weight is 428 g/mol. The second kappa shape index (κ2) is 7.02. The number of aromatic amines is 2. The number of rotatable bonds is 3. The van der Waals surface area contributed by atoms with Gasteiger partial charge in [0.25, 0.3) is 11.8 Å². The van der Waals surface area contributed by atoms with Crippen molar-refractivity contribution in [1.29, 1.82) is 0 Å². The van der Waals surface area contributed by atoms with E-state index in [2.05, 4.69) is 16.0 Å². The van der Waals surface area contributed by atoms with Crippen molar-refractivity contribution in [3.63, 3.8) is 0 Å². The van der Waals surface area contributed by atoms with Crippen LogP contribution in [0, 0.1) is 0 Å². The number of methoxy groups -OCH3 is 1. The lowest BCUT2D eigenvalue weighted by atomic mass is 10.0. The number of nitrogens with one attached hydrogen (secondary N) is 2. The Morgan fingerprint density at radius 3 is 1.50 bits per heavy atom. The van der Waals surface area contributed by atoms with Gasteiger partial charge in [-0.1, -0.05) is 0 Å². The van der Waals surface area contributed by atoms with E-state index in [4.69, 9.17) is 4.74 Å². The number of amides is 2. The third-order valence-corrected chi connectivity index (χ3v) is 5.93. The van der Waals surface area contributed by atoms with Crippen molar-refractivity contribution in [1.82, 2.24) is 19.8 Å². The molecule has 32 heavy (non-hydrogen) atoms. The molecule has 0 atom stereocenters. The molecule has 0 bridgehead atoms. The Hall–Kier alpha value is -4.00. The molecule has 7 heteroatoms. The molecule has 162 valence electrons. The van der Waals surface area contributed by atoms with Crippen molar-refractivity contribution in [2.24, 2.45) is 0 Å². The number of carbonyl (C=O) groups excluding carboxylic acids is 2. The Labute approximate surface area is 184 Å². The molecule has 0 unspecified atom stereocenters. The quantitative estimate of drug-likeness (QED) is 0.448. The van der Waals surface area contributed by atoms with Crippen LogP contribution in [0.25, 0.3) is 43.6 Å². The van der Waals surface area contributed by atoms with Gasteiger partial charge >= 0.3 is 0 Å². The van der Waals surface area contributed by atoms with Crippen LogP contribution in [0.4, 0.5) is 0 Å². The van der Waals surface area contributed by atoms with E-state index in [1.54, 1.807) is 45.1 Å². The first-order valence-electron chi connectivity index (χ1n) is 10.3. The highest BCUT2D eigenvalue weighted by Crippen LogP contribution is 2.41. The summed E-state index contributed by atoms with van der Waals surface area (Å²) in [5.41, 5.74) is 4.82. The molecule has 5 rings (SSSR count). The van der Waals surface area contributed by atoms with Gasteiger partial charge in [-0.25, -0.2) is 0 Å². The van der Waals surface area contributed by atoms with Gasteiger partial charge in [0, 0.05) is 71.9 Å². The fourth-order valence-corrected chi connectivity index (χ4v) is 4.34. The molecule has 2 aromatic heterocycles. The first kappa shape index (κ1) is 19.9. The summed E-state index contributed by atoms with van der Waals surface area (Å²) in [7, 11) is 8.62. The molecule has 0 aliphatic rings. The predicted octanol–water partition coefficient (Wildman–Crippen LogP) is 4.37. The van der Waals surface area contributed by atoms with Crippen LogP contribution in [0.2, 0.25) is 0 Å². The number of fused-ring (bicyclic) bond motifs is 6. The van der Waals surface area contributed by atoms with Crippen LogP contribution in [-0.4, -0.2) is 66.9 Å². The minimum atomic E-state index is -0.0479. The van der Waals surface area contributed by atoms with E-state index in [0.29, 0.717) is 16.9 Å². The van der Waals surface area contributed by atoms with E-state index in [9.17, 15) is 9.59 Å². The van der Waals surface area contributed by atoms with Gasteiger partial charge in [0.05, 0.1) is 18.1 Å². The Morgan fingerprint density at radius 1 is 0.688 bits per heavy atom. The number of hydrogen-bond donors (Lipinski definition) is 2. The maximum absolute atomic E-state index is 12.5. The van der Waals surface area contributed by atoms with Crippen LogP contribution in [-0.2, 0) is 0 Å². The summed E-state index contributed by atoms with van der Waals surface area (Å²) in [6.45, 7) is 0. The molecule has 7 nitrogen and oxygen atoms in total. The van der Waals surface area contributed by atoms with Crippen molar-refractivity contribution >= 4 is 55.4 Å². The number of aromatic nitrogens is 2. The maximum atomic E-state index is 12.5. The van der Waals surface area contributed by atoms with Gasteiger partial charge in [-0.2, -0.15) is 0 Å². The largest absolute Gasteiger partial charge is 0.492 e. The average Bonchev–Trinajstić information content (AvgIpc) is 3.33. The van der Waals surface area contributed by atoms with E-state index in [-0.39, 0.29) is 11.8 Å². The second-order valence-corrected chi connectivity index (χ2v) is 8.42. The van der Waals surface area contributed by atoms with Crippen molar-refractivity contribution in [3.8, 4) is 5.75 Å². The molecule has 0 saturated heterocycles. The van der Waals surface area contributed by atoms with Gasteiger partial charge in [-0.15, -0.1) is 0 Å². The maximum Gasteiger partial charge on any atom is 0.253 e. The standard InChI is InChI=1S/C25H24N4O3/c1-28(2)24(30)13-6-8-19-15(10-13)17-12-18-16-11-14(25(31)29(3)4)7-9-20(16)27-22(18)23(32-5)21(17)26-19/h6-12,26-27H,1-5H3. The van der Waals surface area contributed by atoms with Gasteiger partial charge < -0.3 is 24.5 Å². The molecule has 0 aliphatic carbocycles. The van der Waals surface area contributed by atoms with E-state index in [1.807, 2.05) is 36.4 Å². The van der Waals surface area contributed by atoms with E-state index in [1.165, 1.54) is 0 Å². The number of nitrogens with zero attached hydrogens (tertiary/aromatic N) is 2. The molecule has 0 saturated carbocycles. The van der Waals surface area contributed by atoms with Crippen LogP contribution in [0.1, 0.15) is 20.7 Å². The molecule has 2 amide bonds. The monoisotopic (exact) mass is 428 g/mol. The van der Waals surface area contributed by atoms with Crippen LogP contribution >= 0.6 is 0 Å². The lowest BCUT2D eigenvalue weighted by molar-refractivity contribution is 0.0820. The zero-order valence-electron chi connectivity index (χ0n) is 18.7. The molecule has 0 spiro atoms. The molecular formula is C25H24N4O3. The summed E-state index contributed by atoms with van der Waals surface area (Å²) in [4.78, 5) is 35.1. The molecule has 0 fully saturated rings. The highest BCUT2D eigenvalue weighted by atomic mass is 16.5. The predicted molar refractivity (Wildman–Crippen MR) is 128 cm³/mol. The van der Waals surface area contributed by atoms with E-state index < -0.39 is 0 Å². The Kier molecular flexibility index (Phi) is 4.37. The van der Waals surface area contributed by atoms with Crippen molar-refractivity contribution in [3.05, 3.63) is 53.6 Å². The Balaban J connectivity index is 1.85. The van der Waals surface area contributed by atoms with Crippen LogP contribution in [0.15, 0.2) is 42.5 Å². The molecule has 2 heterocycles. The molecule has 0 aliphatic heterocycles. The molecule has 5 aromatic rings. The van der Waals surface area contributed by atoms with E-state index >= 15 is 0 Å². The molecule has 3 aromatic carbocycles. The van der Waals surface area contributed by atoms with Crippen LogP contribution in [0.5, 0.6) is 5.75 Å². The number of carbonyl (C=O) groups is 2. The van der Waals surface area contributed by atoms with Gasteiger partial charge in [-0.05, 0) is 42.5 Å². The number of benzene rings is 3. The fraction of sp³-hybridized carbons (Fsp3) is 0.200. The Bertz CT molecular complexity index is 1440. The Morgan fingerprint density at radius 2 is 1.12 bits per heavy atom. The molecule has 2 N–H and O–H groups in total. The number of hydrogen-bond acceptors (Lipinski definition) is 3. The van der Waals surface area contributed by atoms with Crippen molar-refractivity contribution in [2.45, 2.75) is 0 Å². The minimum absolute atomic E-state index is 0.0479. The highest BCUT2D eigenvalue weighted by Gasteiger charge is 2.19. The summed E-state index contributed by atoms with van der Waals surface area (Å²) in [6, 6.07) is 13.4. The summed E-state index contributed by atoms with van der Waals surface area (Å²) >= 11 is 0. The lowest BCUT2D eigenvalue weighted by Crippen LogP contribution is -2.21. The summed E-state index contributed by atoms with van der Waals surface area (Å²) in [6.07, 6.45) is 0. The smallest absolute Gasteiger partial charge is 0.253 e. The van der Waals surface area contributed by atoms with Gasteiger partial charge in [0.2, 0.25) is 0 Å². The third-order valence-electron chi connectivity index (χ3n) is 5.93. The lowest BCUT2D eigenvalue weighted by Gasteiger charge is -2.10. The zero-order chi connectivity index (χ0) is 22.7. The van der Waals surface area contributed by atoms with Gasteiger partial charge in [-0.3, -0.25) is 9.59 Å². The first-order chi connectivity index (χ1) is 15.3.